The molecule has 24 heavy (non-hydrogen) atoms. The van der Waals surface area contributed by atoms with E-state index in [0.717, 1.165) is 9.90 Å². The Bertz CT molecular complexity index is 808. The summed E-state index contributed by atoms with van der Waals surface area (Å²) in [5.41, 5.74) is 0.498. The molecule has 8 heteroatoms. The maximum atomic E-state index is 12.8. The second kappa shape index (κ2) is 7.89. The van der Waals surface area contributed by atoms with Crippen molar-refractivity contribution in [3.8, 4) is 0 Å². The molecule has 5 nitrogen and oxygen atoms in total. The van der Waals surface area contributed by atoms with Crippen LogP contribution < -0.4 is 10.6 Å². The van der Waals surface area contributed by atoms with Crippen molar-refractivity contribution in [3.63, 3.8) is 0 Å². The molecule has 122 valence electrons. The number of anilines is 2. The Morgan fingerprint density at radius 2 is 1.79 bits per heavy atom. The summed E-state index contributed by atoms with van der Waals surface area (Å²) in [5.74, 6) is 0.328. The SMILES string of the molecule is O=C(Nc1ccc(F)cc1)Nc1nnc(CSc2ccccc2)s1. The van der Waals surface area contributed by atoms with E-state index in [1.165, 1.54) is 35.6 Å². The summed E-state index contributed by atoms with van der Waals surface area (Å²) in [7, 11) is 0. The Kier molecular flexibility index (Phi) is 5.39. The van der Waals surface area contributed by atoms with Gasteiger partial charge in [-0.3, -0.25) is 5.32 Å². The van der Waals surface area contributed by atoms with Gasteiger partial charge in [0.15, 0.2) is 0 Å². The van der Waals surface area contributed by atoms with Crippen molar-refractivity contribution in [2.75, 3.05) is 10.6 Å². The average molecular weight is 360 g/mol. The first kappa shape index (κ1) is 16.4. The first-order valence-corrected chi connectivity index (χ1v) is 8.83. The van der Waals surface area contributed by atoms with Crippen molar-refractivity contribution in [2.24, 2.45) is 0 Å². The molecule has 2 amide bonds. The standard InChI is InChI=1S/C16H13FN4OS2/c17-11-6-8-12(9-7-11)18-15(22)19-16-21-20-14(24-16)10-23-13-4-2-1-3-5-13/h1-9H,10H2,(H2,18,19,21,22). The average Bonchev–Trinajstić information content (AvgIpc) is 3.03. The number of amides is 2. The number of nitrogens with zero attached hydrogens (tertiary/aromatic N) is 2. The van der Waals surface area contributed by atoms with Crippen LogP contribution in [-0.4, -0.2) is 16.2 Å². The third-order valence-corrected chi connectivity index (χ3v) is 4.94. The van der Waals surface area contributed by atoms with Gasteiger partial charge in [0.25, 0.3) is 0 Å². The lowest BCUT2D eigenvalue weighted by atomic mass is 10.3. The maximum Gasteiger partial charge on any atom is 0.325 e. The molecule has 0 aliphatic carbocycles. The summed E-state index contributed by atoms with van der Waals surface area (Å²) in [6.07, 6.45) is 0. The van der Waals surface area contributed by atoms with E-state index in [2.05, 4.69) is 20.8 Å². The molecule has 0 fully saturated rings. The van der Waals surface area contributed by atoms with Crippen LogP contribution in [0.2, 0.25) is 0 Å². The fourth-order valence-electron chi connectivity index (χ4n) is 1.82. The molecule has 0 atom stereocenters. The van der Waals surface area contributed by atoms with Crippen LogP contribution >= 0.6 is 23.1 Å². The van der Waals surface area contributed by atoms with Gasteiger partial charge < -0.3 is 5.32 Å². The number of urea groups is 1. The molecule has 1 aromatic heterocycles. The zero-order valence-corrected chi connectivity index (χ0v) is 14.0. The molecule has 0 aliphatic heterocycles. The quantitative estimate of drug-likeness (QED) is 0.652. The van der Waals surface area contributed by atoms with Crippen molar-refractivity contribution >= 4 is 39.9 Å². The lowest BCUT2D eigenvalue weighted by Gasteiger charge is -2.04. The van der Waals surface area contributed by atoms with Crippen molar-refractivity contribution in [3.05, 3.63) is 65.4 Å². The van der Waals surface area contributed by atoms with Gasteiger partial charge in [-0.15, -0.1) is 22.0 Å². The summed E-state index contributed by atoms with van der Waals surface area (Å²) < 4.78 is 12.8. The zero-order valence-electron chi connectivity index (χ0n) is 12.4. The number of hydrogen-bond donors (Lipinski definition) is 2. The minimum absolute atomic E-state index is 0.356. The van der Waals surface area contributed by atoms with Crippen LogP contribution in [0.1, 0.15) is 5.01 Å². The van der Waals surface area contributed by atoms with Crippen LogP contribution in [0.5, 0.6) is 0 Å². The van der Waals surface area contributed by atoms with E-state index in [9.17, 15) is 9.18 Å². The van der Waals surface area contributed by atoms with E-state index in [0.29, 0.717) is 16.6 Å². The zero-order chi connectivity index (χ0) is 16.8. The van der Waals surface area contributed by atoms with E-state index < -0.39 is 6.03 Å². The Morgan fingerprint density at radius 1 is 1.04 bits per heavy atom. The molecule has 0 spiro atoms. The fraction of sp³-hybridized carbons (Fsp3) is 0.0625. The molecule has 2 aromatic carbocycles. The van der Waals surface area contributed by atoms with Gasteiger partial charge in [-0.25, -0.2) is 9.18 Å². The maximum absolute atomic E-state index is 12.8. The second-order valence-electron chi connectivity index (χ2n) is 4.69. The minimum Gasteiger partial charge on any atom is -0.308 e. The van der Waals surface area contributed by atoms with E-state index in [4.69, 9.17) is 0 Å². The molecule has 0 saturated heterocycles. The van der Waals surface area contributed by atoms with Crippen molar-refractivity contribution in [2.45, 2.75) is 10.6 Å². The molecule has 0 aliphatic rings. The number of carbonyl (C=O) groups excluding carboxylic acids is 1. The number of hydrogen-bond acceptors (Lipinski definition) is 5. The molecular weight excluding hydrogens is 347 g/mol. The lowest BCUT2D eigenvalue weighted by molar-refractivity contribution is 0.262. The van der Waals surface area contributed by atoms with Gasteiger partial charge in [0.1, 0.15) is 10.8 Å². The highest BCUT2D eigenvalue weighted by Crippen LogP contribution is 2.25. The van der Waals surface area contributed by atoms with E-state index in [1.807, 2.05) is 30.3 Å². The highest BCUT2D eigenvalue weighted by atomic mass is 32.2. The van der Waals surface area contributed by atoms with Crippen LogP contribution in [0.15, 0.2) is 59.5 Å². The van der Waals surface area contributed by atoms with Crippen LogP contribution in [0.3, 0.4) is 0 Å². The Balaban J connectivity index is 1.51. The Hall–Kier alpha value is -2.45. The monoisotopic (exact) mass is 360 g/mol. The smallest absolute Gasteiger partial charge is 0.308 e. The number of nitrogens with one attached hydrogen (secondary N) is 2. The third kappa shape index (κ3) is 4.77. The molecule has 3 rings (SSSR count). The largest absolute Gasteiger partial charge is 0.325 e. The predicted molar refractivity (Wildman–Crippen MR) is 95.0 cm³/mol. The highest BCUT2D eigenvalue weighted by Gasteiger charge is 2.09. The normalized spacial score (nSPS) is 10.4. The van der Waals surface area contributed by atoms with Crippen molar-refractivity contribution in [1.82, 2.24) is 10.2 Å². The van der Waals surface area contributed by atoms with Gasteiger partial charge in [-0.2, -0.15) is 0 Å². The van der Waals surface area contributed by atoms with Gasteiger partial charge in [0.2, 0.25) is 5.13 Å². The first-order chi connectivity index (χ1) is 11.7. The highest BCUT2D eigenvalue weighted by molar-refractivity contribution is 7.98. The fourth-order valence-corrected chi connectivity index (χ4v) is 3.46. The minimum atomic E-state index is -0.444. The van der Waals surface area contributed by atoms with Crippen LogP contribution in [0, 0.1) is 5.82 Å². The summed E-state index contributed by atoms with van der Waals surface area (Å²) in [6.45, 7) is 0. The summed E-state index contributed by atoms with van der Waals surface area (Å²) in [6, 6.07) is 15.1. The van der Waals surface area contributed by atoms with Gasteiger partial charge in [-0.05, 0) is 36.4 Å². The molecule has 3 aromatic rings. The van der Waals surface area contributed by atoms with E-state index in [-0.39, 0.29) is 5.82 Å². The molecule has 0 radical (unpaired) electrons. The molecular formula is C16H13FN4OS2. The number of aromatic nitrogens is 2. The third-order valence-electron chi connectivity index (χ3n) is 2.89. The van der Waals surface area contributed by atoms with Gasteiger partial charge >= 0.3 is 6.03 Å². The Labute approximate surface area is 146 Å². The molecule has 0 unspecified atom stereocenters. The van der Waals surface area contributed by atoms with Crippen LogP contribution in [0.4, 0.5) is 20.0 Å². The number of carbonyl (C=O) groups is 1. The van der Waals surface area contributed by atoms with E-state index >= 15 is 0 Å². The molecule has 0 bridgehead atoms. The molecule has 2 N–H and O–H groups in total. The predicted octanol–water partition coefficient (Wildman–Crippen LogP) is 4.61. The summed E-state index contributed by atoms with van der Waals surface area (Å²) in [4.78, 5) is 13.0. The first-order valence-electron chi connectivity index (χ1n) is 7.03. The number of rotatable bonds is 5. The second-order valence-corrected chi connectivity index (χ2v) is 6.80. The van der Waals surface area contributed by atoms with Gasteiger partial charge in [0, 0.05) is 10.6 Å². The Morgan fingerprint density at radius 3 is 2.54 bits per heavy atom. The summed E-state index contributed by atoms with van der Waals surface area (Å²) in [5, 5.41) is 14.5. The number of thioether (sulfide) groups is 1. The number of halogens is 1. The summed E-state index contributed by atoms with van der Waals surface area (Å²) >= 11 is 2.97. The van der Waals surface area contributed by atoms with Gasteiger partial charge in [0.05, 0.1) is 5.75 Å². The van der Waals surface area contributed by atoms with E-state index in [1.54, 1.807) is 11.8 Å². The van der Waals surface area contributed by atoms with Crippen molar-refractivity contribution < 1.29 is 9.18 Å². The van der Waals surface area contributed by atoms with Crippen molar-refractivity contribution in [1.29, 1.82) is 0 Å². The van der Waals surface area contributed by atoms with Crippen LogP contribution in [-0.2, 0) is 5.75 Å². The molecule has 1 heterocycles. The van der Waals surface area contributed by atoms with Gasteiger partial charge in [-0.1, -0.05) is 29.5 Å². The topological polar surface area (TPSA) is 66.9 Å². The molecule has 0 saturated carbocycles. The van der Waals surface area contributed by atoms with Crippen LogP contribution in [0.25, 0.3) is 0 Å². The lowest BCUT2D eigenvalue weighted by Crippen LogP contribution is -2.19. The number of benzene rings is 2.